The number of methoxy groups -OCH3 is 5. The van der Waals surface area contributed by atoms with Gasteiger partial charge in [-0.15, -0.1) is 0 Å². The summed E-state index contributed by atoms with van der Waals surface area (Å²) in [6.45, 7) is 0.421. The quantitative estimate of drug-likeness (QED) is 0.446. The lowest BCUT2D eigenvalue weighted by molar-refractivity contribution is 0.107. The molecule has 1 aromatic heterocycles. The number of nitrogens with zero attached hydrogens (tertiary/aromatic N) is 1. The maximum Gasteiger partial charge on any atom is 0.411 e. The average Bonchev–Trinajstić information content (AvgIpc) is 3.33. The zero-order chi connectivity index (χ0) is 23.8. The summed E-state index contributed by atoms with van der Waals surface area (Å²) in [5, 5.41) is 6.65. The fourth-order valence-electron chi connectivity index (χ4n) is 3.20. The van der Waals surface area contributed by atoms with Crippen molar-refractivity contribution in [2.75, 3.05) is 54.1 Å². The summed E-state index contributed by atoms with van der Waals surface area (Å²) in [7, 11) is 7.65. The molecule has 3 aromatic rings. The van der Waals surface area contributed by atoms with E-state index in [0.29, 0.717) is 52.2 Å². The Kier molecular flexibility index (Phi) is 7.98. The van der Waals surface area contributed by atoms with Crippen molar-refractivity contribution in [1.29, 1.82) is 0 Å². The SMILES string of the molecule is COCCOC(=O)Nc1cc(-c2cnoc2-c2cc(OC)c(OC)c(OC)c2)ccc1OC. The predicted octanol–water partition coefficient (Wildman–Crippen LogP) is 4.24. The van der Waals surface area contributed by atoms with Gasteiger partial charge in [-0.05, 0) is 29.8 Å². The number of ether oxygens (including phenoxy) is 6. The maximum absolute atomic E-state index is 12.1. The van der Waals surface area contributed by atoms with Crippen molar-refractivity contribution in [1.82, 2.24) is 5.16 Å². The monoisotopic (exact) mass is 458 g/mol. The van der Waals surface area contributed by atoms with Crippen LogP contribution in [0.25, 0.3) is 22.5 Å². The molecule has 0 radical (unpaired) electrons. The maximum atomic E-state index is 12.1. The Labute approximate surface area is 191 Å². The predicted molar refractivity (Wildman–Crippen MR) is 120 cm³/mol. The fraction of sp³-hybridized carbons (Fsp3) is 0.304. The van der Waals surface area contributed by atoms with Gasteiger partial charge in [0.1, 0.15) is 12.4 Å². The van der Waals surface area contributed by atoms with Crippen LogP contribution < -0.4 is 24.3 Å². The van der Waals surface area contributed by atoms with Gasteiger partial charge in [-0.2, -0.15) is 0 Å². The number of carbonyl (C=O) groups is 1. The zero-order valence-electron chi connectivity index (χ0n) is 19.1. The van der Waals surface area contributed by atoms with Crippen molar-refractivity contribution in [3.8, 4) is 45.4 Å². The van der Waals surface area contributed by atoms with Crippen molar-refractivity contribution < 1.29 is 37.7 Å². The number of nitrogens with one attached hydrogen (secondary N) is 1. The van der Waals surface area contributed by atoms with Crippen LogP contribution in [0, 0.1) is 0 Å². The van der Waals surface area contributed by atoms with E-state index in [9.17, 15) is 4.79 Å². The van der Waals surface area contributed by atoms with Crippen LogP contribution in [0.2, 0.25) is 0 Å². The molecule has 0 aliphatic carbocycles. The lowest BCUT2D eigenvalue weighted by Crippen LogP contribution is -2.16. The number of anilines is 1. The third kappa shape index (κ3) is 5.29. The van der Waals surface area contributed by atoms with E-state index >= 15 is 0 Å². The van der Waals surface area contributed by atoms with Crippen LogP contribution in [0.1, 0.15) is 0 Å². The van der Waals surface area contributed by atoms with Crippen LogP contribution in [0.3, 0.4) is 0 Å². The highest BCUT2D eigenvalue weighted by atomic mass is 16.6. The minimum absolute atomic E-state index is 0.126. The molecule has 176 valence electrons. The van der Waals surface area contributed by atoms with E-state index in [0.717, 1.165) is 5.56 Å². The Balaban J connectivity index is 1.99. The third-order valence-electron chi connectivity index (χ3n) is 4.77. The van der Waals surface area contributed by atoms with Crippen LogP contribution in [0.5, 0.6) is 23.0 Å². The van der Waals surface area contributed by atoms with E-state index in [1.54, 1.807) is 30.5 Å². The number of rotatable bonds is 10. The first-order valence-corrected chi connectivity index (χ1v) is 9.92. The summed E-state index contributed by atoms with van der Waals surface area (Å²) in [6, 6.07) is 8.83. The van der Waals surface area contributed by atoms with Crippen LogP contribution in [0.15, 0.2) is 41.1 Å². The van der Waals surface area contributed by atoms with Gasteiger partial charge in [0.25, 0.3) is 0 Å². The summed E-state index contributed by atoms with van der Waals surface area (Å²) in [4.78, 5) is 12.1. The van der Waals surface area contributed by atoms with E-state index in [1.165, 1.54) is 35.5 Å². The smallest absolute Gasteiger partial charge is 0.411 e. The van der Waals surface area contributed by atoms with Crippen LogP contribution in [0.4, 0.5) is 10.5 Å². The lowest BCUT2D eigenvalue weighted by atomic mass is 10.0. The number of aromatic nitrogens is 1. The Morgan fingerprint density at radius 1 is 0.879 bits per heavy atom. The van der Waals surface area contributed by atoms with Gasteiger partial charge in [0.2, 0.25) is 5.75 Å². The molecule has 0 unspecified atom stereocenters. The zero-order valence-corrected chi connectivity index (χ0v) is 19.1. The largest absolute Gasteiger partial charge is 0.495 e. The third-order valence-corrected chi connectivity index (χ3v) is 4.77. The minimum atomic E-state index is -0.627. The van der Waals surface area contributed by atoms with Crippen molar-refractivity contribution in [2.24, 2.45) is 0 Å². The second kappa shape index (κ2) is 11.1. The van der Waals surface area contributed by atoms with Crippen molar-refractivity contribution in [2.45, 2.75) is 0 Å². The van der Waals surface area contributed by atoms with Gasteiger partial charge in [-0.3, -0.25) is 5.32 Å². The molecule has 3 rings (SSSR count). The van der Waals surface area contributed by atoms with Crippen molar-refractivity contribution >= 4 is 11.8 Å². The fourth-order valence-corrected chi connectivity index (χ4v) is 3.20. The molecule has 10 nitrogen and oxygen atoms in total. The van der Waals surface area contributed by atoms with E-state index in [1.807, 2.05) is 6.07 Å². The molecule has 0 atom stereocenters. The molecule has 0 aliphatic heterocycles. The second-order valence-electron chi connectivity index (χ2n) is 6.65. The molecule has 0 bridgehead atoms. The highest BCUT2D eigenvalue weighted by molar-refractivity contribution is 5.90. The normalized spacial score (nSPS) is 10.5. The molecular weight excluding hydrogens is 432 g/mol. The summed E-state index contributed by atoms with van der Waals surface area (Å²) in [6.07, 6.45) is 0.957. The standard InChI is InChI=1S/C23H26N2O8/c1-27-8-9-32-23(26)25-17-10-14(6-7-18(17)28-2)16-13-24-33-21(16)15-11-19(29-3)22(31-5)20(12-15)30-4/h6-7,10-13H,8-9H2,1-5H3,(H,25,26). The van der Waals surface area contributed by atoms with Gasteiger partial charge in [0, 0.05) is 18.2 Å². The number of carbonyl (C=O) groups excluding carboxylic acids is 1. The number of amides is 1. The molecule has 0 aliphatic rings. The number of hydrogen-bond acceptors (Lipinski definition) is 9. The first-order chi connectivity index (χ1) is 16.1. The molecule has 1 amide bonds. The minimum Gasteiger partial charge on any atom is -0.495 e. The Hall–Kier alpha value is -3.92. The van der Waals surface area contributed by atoms with Crippen molar-refractivity contribution in [3.63, 3.8) is 0 Å². The molecule has 0 saturated carbocycles. The molecule has 0 fully saturated rings. The molecule has 0 spiro atoms. The van der Waals surface area contributed by atoms with Crippen LogP contribution >= 0.6 is 0 Å². The van der Waals surface area contributed by atoms with Crippen LogP contribution in [-0.4, -0.2) is 60.0 Å². The molecule has 10 heteroatoms. The number of hydrogen-bond donors (Lipinski definition) is 1. The Bertz CT molecular complexity index is 1070. The number of benzene rings is 2. The highest BCUT2D eigenvalue weighted by Gasteiger charge is 2.20. The summed E-state index contributed by atoms with van der Waals surface area (Å²) >= 11 is 0. The van der Waals surface area contributed by atoms with Gasteiger partial charge in [0.15, 0.2) is 17.3 Å². The topological polar surface area (TPSA) is 111 Å². The molecule has 1 N–H and O–H groups in total. The molecule has 33 heavy (non-hydrogen) atoms. The van der Waals surface area contributed by atoms with Gasteiger partial charge < -0.3 is 32.9 Å². The van der Waals surface area contributed by atoms with Gasteiger partial charge in [-0.25, -0.2) is 4.79 Å². The average molecular weight is 458 g/mol. The summed E-state index contributed by atoms with van der Waals surface area (Å²) in [5.41, 5.74) is 2.51. The summed E-state index contributed by atoms with van der Waals surface area (Å²) < 4.78 is 37.2. The Morgan fingerprint density at radius 3 is 2.18 bits per heavy atom. The summed E-state index contributed by atoms with van der Waals surface area (Å²) in [5.74, 6) is 2.36. The van der Waals surface area contributed by atoms with E-state index in [-0.39, 0.29) is 6.61 Å². The first kappa shape index (κ1) is 23.7. The van der Waals surface area contributed by atoms with E-state index in [2.05, 4.69) is 10.5 Å². The van der Waals surface area contributed by atoms with Gasteiger partial charge in [0.05, 0.1) is 46.9 Å². The lowest BCUT2D eigenvalue weighted by Gasteiger charge is -2.14. The van der Waals surface area contributed by atoms with Crippen LogP contribution in [-0.2, 0) is 9.47 Å². The molecule has 1 heterocycles. The second-order valence-corrected chi connectivity index (χ2v) is 6.65. The van der Waals surface area contributed by atoms with E-state index in [4.69, 9.17) is 32.9 Å². The Morgan fingerprint density at radius 2 is 1.58 bits per heavy atom. The van der Waals surface area contributed by atoms with Gasteiger partial charge in [-0.1, -0.05) is 11.2 Å². The van der Waals surface area contributed by atoms with Gasteiger partial charge >= 0.3 is 6.09 Å². The molecule has 2 aromatic carbocycles. The first-order valence-electron chi connectivity index (χ1n) is 9.92. The highest BCUT2D eigenvalue weighted by Crippen LogP contribution is 2.44. The van der Waals surface area contributed by atoms with E-state index < -0.39 is 6.09 Å². The van der Waals surface area contributed by atoms with Crippen molar-refractivity contribution in [3.05, 3.63) is 36.5 Å². The molecular formula is C23H26N2O8. The molecule has 0 saturated heterocycles.